The Balaban J connectivity index is 1.37. The SMILES string of the molecule is Cc1ccc(CN2CC3(Nc4cccc5cnccc45)CCC2CC3)cc1NS(C)(=O)=O. The van der Waals surface area contributed by atoms with E-state index in [1.165, 1.54) is 43.0 Å². The molecule has 32 heavy (non-hydrogen) atoms. The van der Waals surface area contributed by atoms with Crippen molar-refractivity contribution in [2.45, 2.75) is 50.7 Å². The van der Waals surface area contributed by atoms with Crippen LogP contribution in [0, 0.1) is 6.92 Å². The van der Waals surface area contributed by atoms with E-state index in [2.05, 4.69) is 50.3 Å². The Morgan fingerprint density at radius 3 is 2.72 bits per heavy atom. The van der Waals surface area contributed by atoms with Gasteiger partial charge in [0.15, 0.2) is 0 Å². The lowest BCUT2D eigenvalue weighted by Gasteiger charge is -2.53. The molecule has 0 atom stereocenters. The van der Waals surface area contributed by atoms with Crippen molar-refractivity contribution in [3.8, 4) is 0 Å². The maximum Gasteiger partial charge on any atom is 0.229 e. The van der Waals surface area contributed by atoms with Crippen LogP contribution in [0.25, 0.3) is 10.8 Å². The van der Waals surface area contributed by atoms with Crippen molar-refractivity contribution in [3.63, 3.8) is 0 Å². The van der Waals surface area contributed by atoms with Gasteiger partial charge in [0.2, 0.25) is 10.0 Å². The van der Waals surface area contributed by atoms with Gasteiger partial charge in [-0.2, -0.15) is 0 Å². The smallest absolute Gasteiger partial charge is 0.229 e. The van der Waals surface area contributed by atoms with Gasteiger partial charge in [-0.15, -0.1) is 0 Å². The van der Waals surface area contributed by atoms with E-state index in [1.54, 1.807) is 0 Å². The van der Waals surface area contributed by atoms with Crippen LogP contribution in [0.4, 0.5) is 11.4 Å². The summed E-state index contributed by atoms with van der Waals surface area (Å²) in [4.78, 5) is 6.83. The van der Waals surface area contributed by atoms with E-state index in [0.717, 1.165) is 29.6 Å². The number of pyridine rings is 1. The summed E-state index contributed by atoms with van der Waals surface area (Å²) in [6.07, 6.45) is 9.67. The fraction of sp³-hybridized carbons (Fsp3) is 0.400. The molecule has 1 saturated carbocycles. The molecule has 3 heterocycles. The van der Waals surface area contributed by atoms with Gasteiger partial charge in [-0.3, -0.25) is 14.6 Å². The first-order valence-electron chi connectivity index (χ1n) is 11.2. The summed E-state index contributed by atoms with van der Waals surface area (Å²) < 4.78 is 26.1. The lowest BCUT2D eigenvalue weighted by molar-refractivity contribution is 0.0339. The minimum atomic E-state index is -3.30. The predicted molar refractivity (Wildman–Crippen MR) is 130 cm³/mol. The van der Waals surface area contributed by atoms with E-state index in [-0.39, 0.29) is 5.54 Å². The van der Waals surface area contributed by atoms with Crippen molar-refractivity contribution in [1.29, 1.82) is 0 Å². The molecule has 6 rings (SSSR count). The van der Waals surface area contributed by atoms with Gasteiger partial charge in [-0.1, -0.05) is 24.3 Å². The van der Waals surface area contributed by atoms with Crippen LogP contribution in [-0.2, 0) is 16.6 Å². The van der Waals surface area contributed by atoms with E-state index in [0.29, 0.717) is 11.7 Å². The molecule has 2 aromatic carbocycles. The molecule has 168 valence electrons. The minimum absolute atomic E-state index is 0.0604. The topological polar surface area (TPSA) is 74.3 Å². The maximum atomic E-state index is 11.7. The highest BCUT2D eigenvalue weighted by molar-refractivity contribution is 7.92. The van der Waals surface area contributed by atoms with Gasteiger partial charge < -0.3 is 5.32 Å². The largest absolute Gasteiger partial charge is 0.378 e. The lowest BCUT2D eigenvalue weighted by atomic mass is 9.73. The summed E-state index contributed by atoms with van der Waals surface area (Å²) in [5.41, 5.74) is 3.98. The zero-order chi connectivity index (χ0) is 22.3. The lowest BCUT2D eigenvalue weighted by Crippen LogP contribution is -2.60. The van der Waals surface area contributed by atoms with Gasteiger partial charge in [0.25, 0.3) is 0 Å². The van der Waals surface area contributed by atoms with Gasteiger partial charge in [0.05, 0.1) is 17.5 Å². The van der Waals surface area contributed by atoms with Crippen LogP contribution in [0.15, 0.2) is 54.9 Å². The fourth-order valence-corrected chi connectivity index (χ4v) is 5.99. The molecule has 3 fully saturated rings. The standard InChI is InChI=1S/C25H30N4O2S/c1-18-6-7-19(14-24(18)28-32(2,30)31)16-29-17-25(11-8-21(29)9-12-25)27-23-5-3-4-20-15-26-13-10-22(20)23/h3-7,10,13-15,21,27-28H,8-9,11-12,16-17H2,1-2H3. The molecule has 0 amide bonds. The number of nitrogens with one attached hydrogen (secondary N) is 2. The second-order valence-electron chi connectivity index (χ2n) is 9.47. The number of sulfonamides is 1. The van der Waals surface area contributed by atoms with Gasteiger partial charge in [0.1, 0.15) is 0 Å². The molecular weight excluding hydrogens is 420 g/mol. The Kier molecular flexibility index (Phi) is 5.34. The highest BCUT2D eigenvalue weighted by Gasteiger charge is 2.44. The summed E-state index contributed by atoms with van der Waals surface area (Å²) in [5, 5.41) is 6.30. The van der Waals surface area contributed by atoms with Gasteiger partial charge in [-0.05, 0) is 61.9 Å². The van der Waals surface area contributed by atoms with E-state index in [9.17, 15) is 8.42 Å². The van der Waals surface area contributed by atoms with Crippen molar-refractivity contribution < 1.29 is 8.42 Å². The Morgan fingerprint density at radius 2 is 1.94 bits per heavy atom. The van der Waals surface area contributed by atoms with E-state index < -0.39 is 10.0 Å². The first-order chi connectivity index (χ1) is 15.3. The van der Waals surface area contributed by atoms with Crippen LogP contribution in [-0.4, -0.2) is 42.7 Å². The molecule has 2 N–H and O–H groups in total. The molecule has 0 radical (unpaired) electrons. The highest BCUT2D eigenvalue weighted by Crippen LogP contribution is 2.42. The fourth-order valence-electron chi connectivity index (χ4n) is 5.37. The number of hydrogen-bond donors (Lipinski definition) is 2. The monoisotopic (exact) mass is 450 g/mol. The van der Waals surface area contributed by atoms with Crippen LogP contribution in [0.2, 0.25) is 0 Å². The molecule has 0 unspecified atom stereocenters. The Hall–Kier alpha value is -2.64. The number of piperidine rings is 2. The molecule has 2 aliphatic heterocycles. The maximum absolute atomic E-state index is 11.7. The minimum Gasteiger partial charge on any atom is -0.378 e. The zero-order valence-electron chi connectivity index (χ0n) is 18.6. The van der Waals surface area contributed by atoms with Crippen LogP contribution < -0.4 is 10.0 Å². The molecule has 3 aliphatic rings. The molecule has 3 aromatic rings. The molecule has 1 aromatic heterocycles. The zero-order valence-corrected chi connectivity index (χ0v) is 19.5. The first kappa shape index (κ1) is 21.2. The van der Waals surface area contributed by atoms with Gasteiger partial charge in [0, 0.05) is 48.0 Å². The first-order valence-corrected chi connectivity index (χ1v) is 13.1. The van der Waals surface area contributed by atoms with Crippen LogP contribution in [0.5, 0.6) is 0 Å². The van der Waals surface area contributed by atoms with E-state index in [1.807, 2.05) is 31.5 Å². The molecule has 2 bridgehead atoms. The molecule has 7 heteroatoms. The Morgan fingerprint density at radius 1 is 1.12 bits per heavy atom. The van der Waals surface area contributed by atoms with Crippen LogP contribution >= 0.6 is 0 Å². The number of aryl methyl sites for hydroxylation is 1. The van der Waals surface area contributed by atoms with Crippen molar-refractivity contribution in [2.75, 3.05) is 22.8 Å². The molecule has 6 nitrogen and oxygen atoms in total. The predicted octanol–water partition coefficient (Wildman–Crippen LogP) is 4.52. The second-order valence-corrected chi connectivity index (χ2v) is 11.2. The average molecular weight is 451 g/mol. The highest BCUT2D eigenvalue weighted by atomic mass is 32.2. The third-order valence-corrected chi connectivity index (χ3v) is 7.59. The number of anilines is 2. The number of fused-ring (bicyclic) bond motifs is 4. The molecule has 2 saturated heterocycles. The normalized spacial score (nSPS) is 23.4. The Bertz CT molecular complexity index is 1240. The van der Waals surface area contributed by atoms with Crippen molar-refractivity contribution in [3.05, 3.63) is 66.0 Å². The number of rotatable bonds is 6. The van der Waals surface area contributed by atoms with Gasteiger partial charge >= 0.3 is 0 Å². The molecular formula is C25H30N4O2S. The quantitative estimate of drug-likeness (QED) is 0.577. The van der Waals surface area contributed by atoms with Crippen molar-refractivity contribution in [1.82, 2.24) is 9.88 Å². The summed E-state index contributed by atoms with van der Waals surface area (Å²) in [7, 11) is -3.30. The van der Waals surface area contributed by atoms with Gasteiger partial charge in [-0.25, -0.2) is 8.42 Å². The number of hydrogen-bond acceptors (Lipinski definition) is 5. The number of aromatic nitrogens is 1. The van der Waals surface area contributed by atoms with Crippen molar-refractivity contribution >= 4 is 32.2 Å². The van der Waals surface area contributed by atoms with Crippen LogP contribution in [0.1, 0.15) is 36.8 Å². The molecule has 0 spiro atoms. The second kappa shape index (κ2) is 8.05. The summed E-state index contributed by atoms with van der Waals surface area (Å²) in [6.45, 7) is 3.74. The summed E-state index contributed by atoms with van der Waals surface area (Å²) in [6, 6.07) is 15.1. The number of nitrogens with zero attached hydrogens (tertiary/aromatic N) is 2. The summed E-state index contributed by atoms with van der Waals surface area (Å²) >= 11 is 0. The Labute approximate surface area is 190 Å². The van der Waals surface area contributed by atoms with E-state index in [4.69, 9.17) is 0 Å². The number of benzene rings is 2. The van der Waals surface area contributed by atoms with E-state index >= 15 is 0 Å². The van der Waals surface area contributed by atoms with Crippen molar-refractivity contribution in [2.24, 2.45) is 0 Å². The average Bonchev–Trinajstić information content (AvgIpc) is 2.76. The third-order valence-electron chi connectivity index (χ3n) is 7.00. The molecule has 1 aliphatic carbocycles. The third kappa shape index (κ3) is 4.32. The van der Waals surface area contributed by atoms with Crippen LogP contribution in [0.3, 0.4) is 0 Å². The summed E-state index contributed by atoms with van der Waals surface area (Å²) in [5.74, 6) is 0.